The van der Waals surface area contributed by atoms with Crippen LogP contribution in [-0.4, -0.2) is 9.78 Å². The first kappa shape index (κ1) is 13.1. The normalized spacial score (nSPS) is 13.3. The smallest absolute Gasteiger partial charge is 0.252 e. The van der Waals surface area contributed by atoms with Crippen LogP contribution in [0.25, 0.3) is 0 Å². The first-order chi connectivity index (χ1) is 6.55. The minimum atomic E-state index is -4.51. The Hall–Kier alpha value is 0.0200. The number of alkyl halides is 3. The molecule has 0 aliphatic heterocycles. The molecule has 0 N–H and O–H groups in total. The van der Waals surface area contributed by atoms with Crippen molar-refractivity contribution < 1.29 is 13.2 Å². The predicted octanol–water partition coefficient (Wildman–Crippen LogP) is 3.91. The van der Waals surface area contributed by atoms with Crippen molar-refractivity contribution in [3.63, 3.8) is 0 Å². The number of halogens is 5. The van der Waals surface area contributed by atoms with Gasteiger partial charge in [-0.2, -0.15) is 18.3 Å². The molecule has 0 radical (unpaired) electrons. The number of aromatic nitrogens is 2. The van der Waals surface area contributed by atoms with Gasteiger partial charge in [-0.25, -0.2) is 0 Å². The summed E-state index contributed by atoms with van der Waals surface area (Å²) in [5, 5.41) is 3.17. The highest BCUT2D eigenvalue weighted by atomic mass is 127. The van der Waals surface area contributed by atoms with E-state index in [9.17, 15) is 13.2 Å². The molecule has 0 aromatic carbocycles. The Bertz CT molecular complexity index is 344. The van der Waals surface area contributed by atoms with Gasteiger partial charge in [0.25, 0.3) is 0 Å². The highest BCUT2D eigenvalue weighted by Crippen LogP contribution is 2.37. The van der Waals surface area contributed by atoms with Crippen LogP contribution in [0, 0.1) is 3.70 Å². The molecule has 7 heteroatoms. The fourth-order valence-electron chi connectivity index (χ4n) is 1.00. The quantitative estimate of drug-likeness (QED) is 0.647. The van der Waals surface area contributed by atoms with Gasteiger partial charge in [0.2, 0.25) is 0 Å². The maximum Gasteiger partial charge on any atom is 0.436 e. The third kappa shape index (κ3) is 2.58. The van der Waals surface area contributed by atoms with E-state index in [1.165, 1.54) is 4.68 Å². The third-order valence-electron chi connectivity index (χ3n) is 1.68. The van der Waals surface area contributed by atoms with Crippen LogP contribution in [0.15, 0.2) is 0 Å². The van der Waals surface area contributed by atoms with Gasteiger partial charge < -0.3 is 0 Å². The van der Waals surface area contributed by atoms with Gasteiger partial charge in [-0.1, -0.05) is 11.6 Å². The van der Waals surface area contributed by atoms with Crippen LogP contribution in [0.3, 0.4) is 0 Å². The van der Waals surface area contributed by atoms with Crippen molar-refractivity contribution in [3.05, 3.63) is 14.4 Å². The van der Waals surface area contributed by atoms with Crippen molar-refractivity contribution in [1.82, 2.24) is 9.78 Å². The summed E-state index contributed by atoms with van der Waals surface area (Å²) < 4.78 is 39.0. The van der Waals surface area contributed by atoms with Gasteiger partial charge in [0.15, 0.2) is 5.69 Å². The van der Waals surface area contributed by atoms with E-state index in [0.717, 1.165) is 0 Å². The van der Waals surface area contributed by atoms with E-state index in [1.54, 1.807) is 43.4 Å². The molecule has 0 bridgehead atoms. The van der Waals surface area contributed by atoms with Crippen LogP contribution in [-0.2, 0) is 11.7 Å². The Morgan fingerprint density at radius 2 is 1.73 bits per heavy atom. The van der Waals surface area contributed by atoms with Gasteiger partial charge in [-0.15, -0.1) is 0 Å². The minimum Gasteiger partial charge on any atom is -0.252 e. The van der Waals surface area contributed by atoms with Crippen LogP contribution in [0.1, 0.15) is 26.5 Å². The van der Waals surface area contributed by atoms with Crippen molar-refractivity contribution in [2.45, 2.75) is 32.5 Å². The second-order valence-electron chi connectivity index (χ2n) is 4.03. The van der Waals surface area contributed by atoms with Gasteiger partial charge in [-0.3, -0.25) is 4.68 Å². The lowest BCUT2D eigenvalue weighted by molar-refractivity contribution is -0.141. The third-order valence-corrected chi connectivity index (χ3v) is 3.35. The second kappa shape index (κ2) is 3.80. The summed E-state index contributed by atoms with van der Waals surface area (Å²) >= 11 is 7.35. The molecule has 15 heavy (non-hydrogen) atoms. The van der Waals surface area contributed by atoms with E-state index >= 15 is 0 Å². The van der Waals surface area contributed by atoms with E-state index in [4.69, 9.17) is 11.6 Å². The first-order valence-electron chi connectivity index (χ1n) is 4.07. The zero-order valence-corrected chi connectivity index (χ0v) is 11.2. The predicted molar refractivity (Wildman–Crippen MR) is 60.0 cm³/mol. The fraction of sp³-hybridized carbons (Fsp3) is 0.625. The van der Waals surface area contributed by atoms with Crippen molar-refractivity contribution in [1.29, 1.82) is 0 Å². The number of nitrogens with zero attached hydrogens (tertiary/aromatic N) is 2. The maximum absolute atomic E-state index is 12.5. The maximum atomic E-state index is 12.5. The lowest BCUT2D eigenvalue weighted by Crippen LogP contribution is -2.25. The first-order valence-corrected chi connectivity index (χ1v) is 5.52. The van der Waals surface area contributed by atoms with E-state index in [2.05, 4.69) is 5.10 Å². The summed E-state index contributed by atoms with van der Waals surface area (Å²) in [5.74, 6) is 0. The average molecular weight is 353 g/mol. The molecule has 0 saturated heterocycles. The van der Waals surface area contributed by atoms with Crippen molar-refractivity contribution in [2.75, 3.05) is 0 Å². The Morgan fingerprint density at radius 1 is 1.27 bits per heavy atom. The molecule has 0 aliphatic carbocycles. The topological polar surface area (TPSA) is 17.8 Å². The lowest BCUT2D eigenvalue weighted by atomic mass is 10.1. The molecule has 0 atom stereocenters. The summed E-state index contributed by atoms with van der Waals surface area (Å²) in [5.41, 5.74) is -1.55. The van der Waals surface area contributed by atoms with Gasteiger partial charge >= 0.3 is 6.18 Å². The summed E-state index contributed by atoms with van der Waals surface area (Å²) in [7, 11) is 0. The van der Waals surface area contributed by atoms with E-state index in [0.29, 0.717) is 3.70 Å². The molecule has 0 amide bonds. The Labute approximate surface area is 104 Å². The summed E-state index contributed by atoms with van der Waals surface area (Å²) in [6, 6.07) is 0. The van der Waals surface area contributed by atoms with Crippen LogP contribution in [0.5, 0.6) is 0 Å². The van der Waals surface area contributed by atoms with E-state index < -0.39 is 17.4 Å². The van der Waals surface area contributed by atoms with Crippen molar-refractivity contribution in [3.8, 4) is 0 Å². The zero-order valence-electron chi connectivity index (χ0n) is 8.28. The molecular weight excluding hydrogens is 343 g/mol. The van der Waals surface area contributed by atoms with Gasteiger partial charge in [-0.05, 0) is 43.4 Å². The summed E-state index contributed by atoms with van der Waals surface area (Å²) in [4.78, 5) is 0. The highest BCUT2D eigenvalue weighted by molar-refractivity contribution is 14.1. The molecule has 0 spiro atoms. The van der Waals surface area contributed by atoms with Gasteiger partial charge in [0, 0.05) is 0 Å². The average Bonchev–Trinajstić information content (AvgIpc) is 2.26. The molecule has 1 rings (SSSR count). The number of hydrogen-bond acceptors (Lipinski definition) is 1. The molecule has 0 saturated carbocycles. The molecule has 1 aromatic rings. The molecule has 86 valence electrons. The fourth-order valence-corrected chi connectivity index (χ4v) is 2.32. The van der Waals surface area contributed by atoms with Gasteiger partial charge in [0.1, 0.15) is 8.72 Å². The van der Waals surface area contributed by atoms with Crippen molar-refractivity contribution >= 4 is 34.2 Å². The van der Waals surface area contributed by atoms with Crippen LogP contribution >= 0.6 is 34.2 Å². The van der Waals surface area contributed by atoms with Crippen molar-refractivity contribution in [2.24, 2.45) is 0 Å². The SMILES string of the molecule is CC(C)(C)n1nc(C(F)(F)F)c(Cl)c1I. The molecule has 1 aromatic heterocycles. The van der Waals surface area contributed by atoms with Crippen LogP contribution in [0.2, 0.25) is 5.02 Å². The molecule has 0 unspecified atom stereocenters. The van der Waals surface area contributed by atoms with Crippen LogP contribution in [0.4, 0.5) is 13.2 Å². The van der Waals surface area contributed by atoms with E-state index in [-0.39, 0.29) is 5.02 Å². The monoisotopic (exact) mass is 352 g/mol. The standard InChI is InChI=1S/C8H9ClF3IN2/c1-7(2,3)15-6(13)4(9)5(14-15)8(10,11)12/h1-3H3. The lowest BCUT2D eigenvalue weighted by Gasteiger charge is -2.20. The molecule has 0 aliphatic rings. The van der Waals surface area contributed by atoms with Gasteiger partial charge in [0.05, 0.1) is 5.54 Å². The van der Waals surface area contributed by atoms with E-state index in [1.807, 2.05) is 0 Å². The largest absolute Gasteiger partial charge is 0.436 e. The zero-order chi connectivity index (χ0) is 12.0. The Kier molecular flexibility index (Phi) is 3.31. The Balaban J connectivity index is 3.38. The molecule has 1 heterocycles. The highest BCUT2D eigenvalue weighted by Gasteiger charge is 2.39. The van der Waals surface area contributed by atoms with Crippen LogP contribution < -0.4 is 0 Å². The number of hydrogen-bond donors (Lipinski definition) is 0. The minimum absolute atomic E-state index is 0.300. The summed E-state index contributed by atoms with van der Waals surface area (Å²) in [6.45, 7) is 5.29. The Morgan fingerprint density at radius 3 is 1.93 bits per heavy atom. The second-order valence-corrected chi connectivity index (χ2v) is 5.43. The molecular formula is C8H9ClF3IN2. The number of rotatable bonds is 0. The molecule has 0 fully saturated rings. The summed E-state index contributed by atoms with van der Waals surface area (Å²) in [6.07, 6.45) is -4.51. The molecule has 2 nitrogen and oxygen atoms in total.